The van der Waals surface area contributed by atoms with Gasteiger partial charge >= 0.3 is 0 Å². The summed E-state index contributed by atoms with van der Waals surface area (Å²) in [5, 5.41) is 13.8. The Morgan fingerprint density at radius 2 is 2.33 bits per heavy atom. The molecule has 1 fully saturated rings. The molecule has 1 aromatic carbocycles. The molecule has 6 nitrogen and oxygen atoms in total. The van der Waals surface area contributed by atoms with Gasteiger partial charge in [-0.05, 0) is 30.9 Å². The SMILES string of the molecule is C[C@@H]1CCCN(C(=O)CNc2ccc(Cl)c([N+](=O)[O-])c2)C1. The second-order valence-electron chi connectivity index (χ2n) is 5.36. The lowest BCUT2D eigenvalue weighted by Gasteiger charge is -2.31. The first-order valence-electron chi connectivity index (χ1n) is 6.93. The Kier molecular flexibility index (Phi) is 5.01. The number of carbonyl (C=O) groups excluding carboxylic acids is 1. The fraction of sp³-hybridized carbons (Fsp3) is 0.500. The molecule has 0 spiro atoms. The average molecular weight is 312 g/mol. The number of nitro benzene ring substituents is 1. The normalized spacial score (nSPS) is 18.4. The third-order valence-electron chi connectivity index (χ3n) is 3.60. The smallest absolute Gasteiger partial charge is 0.289 e. The highest BCUT2D eigenvalue weighted by Gasteiger charge is 2.20. The number of anilines is 1. The van der Waals surface area contributed by atoms with Crippen LogP contribution in [-0.4, -0.2) is 35.4 Å². The third kappa shape index (κ3) is 4.07. The van der Waals surface area contributed by atoms with Crippen molar-refractivity contribution in [3.05, 3.63) is 33.3 Å². The summed E-state index contributed by atoms with van der Waals surface area (Å²) in [4.78, 5) is 24.2. The molecule has 1 saturated heterocycles. The van der Waals surface area contributed by atoms with Crippen LogP contribution in [0.3, 0.4) is 0 Å². The van der Waals surface area contributed by atoms with Crippen molar-refractivity contribution in [2.75, 3.05) is 25.0 Å². The molecular formula is C14H18ClN3O3. The molecule has 7 heteroatoms. The van der Waals surface area contributed by atoms with Crippen molar-refractivity contribution in [1.82, 2.24) is 4.90 Å². The van der Waals surface area contributed by atoms with Gasteiger partial charge < -0.3 is 10.2 Å². The monoisotopic (exact) mass is 311 g/mol. The maximum Gasteiger partial charge on any atom is 0.289 e. The van der Waals surface area contributed by atoms with E-state index in [2.05, 4.69) is 12.2 Å². The van der Waals surface area contributed by atoms with Gasteiger partial charge in [0.05, 0.1) is 11.5 Å². The molecule has 1 amide bonds. The lowest BCUT2D eigenvalue weighted by Crippen LogP contribution is -2.41. The van der Waals surface area contributed by atoms with Crippen molar-refractivity contribution in [1.29, 1.82) is 0 Å². The Bertz CT molecular complexity index is 550. The first-order valence-corrected chi connectivity index (χ1v) is 7.30. The molecule has 21 heavy (non-hydrogen) atoms. The van der Waals surface area contributed by atoms with Crippen LogP contribution in [-0.2, 0) is 4.79 Å². The predicted molar refractivity (Wildman–Crippen MR) is 81.6 cm³/mol. The zero-order valence-corrected chi connectivity index (χ0v) is 12.6. The summed E-state index contributed by atoms with van der Waals surface area (Å²) >= 11 is 5.75. The summed E-state index contributed by atoms with van der Waals surface area (Å²) in [5.74, 6) is 0.540. The number of hydrogen-bond acceptors (Lipinski definition) is 4. The van der Waals surface area contributed by atoms with Crippen LogP contribution >= 0.6 is 11.6 Å². The zero-order valence-electron chi connectivity index (χ0n) is 11.8. The highest BCUT2D eigenvalue weighted by Crippen LogP contribution is 2.27. The molecule has 0 radical (unpaired) electrons. The fourth-order valence-electron chi connectivity index (χ4n) is 2.47. The van der Waals surface area contributed by atoms with Crippen molar-refractivity contribution >= 4 is 28.9 Å². The van der Waals surface area contributed by atoms with Crippen LogP contribution in [0.5, 0.6) is 0 Å². The number of carbonyl (C=O) groups is 1. The van der Waals surface area contributed by atoms with Crippen molar-refractivity contribution in [2.45, 2.75) is 19.8 Å². The van der Waals surface area contributed by atoms with Crippen molar-refractivity contribution in [3.63, 3.8) is 0 Å². The standard InChI is InChI=1S/C14H18ClN3O3/c1-10-3-2-6-17(9-10)14(19)8-16-11-4-5-12(15)13(7-11)18(20)21/h4-5,7,10,16H,2-3,6,8-9H2,1H3/t10-/m1/s1. The van der Waals surface area contributed by atoms with Gasteiger partial charge in [-0.1, -0.05) is 18.5 Å². The van der Waals surface area contributed by atoms with E-state index in [1.54, 1.807) is 6.07 Å². The second kappa shape index (κ2) is 6.76. The molecule has 0 unspecified atom stereocenters. The number of hydrogen-bond donors (Lipinski definition) is 1. The zero-order chi connectivity index (χ0) is 15.4. The van der Waals surface area contributed by atoms with E-state index in [4.69, 9.17) is 11.6 Å². The van der Waals surface area contributed by atoms with Crippen LogP contribution in [0.25, 0.3) is 0 Å². The van der Waals surface area contributed by atoms with Gasteiger partial charge in [0.25, 0.3) is 5.69 Å². The van der Waals surface area contributed by atoms with E-state index in [0.717, 1.165) is 25.9 Å². The van der Waals surface area contributed by atoms with Crippen LogP contribution in [0.1, 0.15) is 19.8 Å². The molecule has 0 aliphatic carbocycles. The molecule has 1 aromatic rings. The molecule has 1 aliphatic rings. The highest BCUT2D eigenvalue weighted by molar-refractivity contribution is 6.32. The van der Waals surface area contributed by atoms with E-state index >= 15 is 0 Å². The average Bonchev–Trinajstić information content (AvgIpc) is 2.45. The molecule has 1 atom stereocenters. The lowest BCUT2D eigenvalue weighted by molar-refractivity contribution is -0.384. The van der Waals surface area contributed by atoms with E-state index in [-0.39, 0.29) is 23.2 Å². The number of benzene rings is 1. The van der Waals surface area contributed by atoms with E-state index in [1.165, 1.54) is 12.1 Å². The summed E-state index contributed by atoms with van der Waals surface area (Å²) in [5.41, 5.74) is 0.352. The predicted octanol–water partition coefficient (Wildman–Crippen LogP) is 2.92. The minimum atomic E-state index is -0.540. The van der Waals surface area contributed by atoms with Crippen LogP contribution in [0.4, 0.5) is 11.4 Å². The Balaban J connectivity index is 1.95. The Hall–Kier alpha value is -1.82. The van der Waals surface area contributed by atoms with Gasteiger partial charge in [0.1, 0.15) is 5.02 Å². The number of halogens is 1. The van der Waals surface area contributed by atoms with Crippen LogP contribution in [0, 0.1) is 16.0 Å². The molecule has 0 saturated carbocycles. The van der Waals surface area contributed by atoms with Gasteiger partial charge in [-0.25, -0.2) is 0 Å². The molecule has 0 aromatic heterocycles. The topological polar surface area (TPSA) is 75.5 Å². The Morgan fingerprint density at radius 1 is 1.57 bits per heavy atom. The van der Waals surface area contributed by atoms with Gasteiger partial charge in [0.15, 0.2) is 0 Å². The fourth-order valence-corrected chi connectivity index (χ4v) is 2.65. The van der Waals surface area contributed by atoms with Gasteiger partial charge in [0.2, 0.25) is 5.91 Å². The van der Waals surface area contributed by atoms with Gasteiger partial charge in [-0.2, -0.15) is 0 Å². The molecule has 0 bridgehead atoms. The highest BCUT2D eigenvalue weighted by atomic mass is 35.5. The van der Waals surface area contributed by atoms with Crippen LogP contribution in [0.15, 0.2) is 18.2 Å². The Morgan fingerprint density at radius 3 is 3.00 bits per heavy atom. The molecule has 1 heterocycles. The van der Waals surface area contributed by atoms with E-state index in [9.17, 15) is 14.9 Å². The van der Waals surface area contributed by atoms with Crippen molar-refractivity contribution < 1.29 is 9.72 Å². The summed E-state index contributed by atoms with van der Waals surface area (Å²) < 4.78 is 0. The first-order chi connectivity index (χ1) is 9.97. The Labute approximate surface area is 128 Å². The number of amides is 1. The maximum atomic E-state index is 12.1. The maximum absolute atomic E-state index is 12.1. The number of piperidine rings is 1. The summed E-state index contributed by atoms with van der Waals surface area (Å²) in [6.45, 7) is 3.83. The molecular weight excluding hydrogens is 294 g/mol. The van der Waals surface area contributed by atoms with Crippen molar-refractivity contribution in [3.8, 4) is 0 Å². The number of nitrogens with one attached hydrogen (secondary N) is 1. The van der Waals surface area contributed by atoms with Crippen molar-refractivity contribution in [2.24, 2.45) is 5.92 Å². The molecule has 1 N–H and O–H groups in total. The molecule has 114 valence electrons. The van der Waals surface area contributed by atoms with Gasteiger partial charge in [-0.15, -0.1) is 0 Å². The minimum Gasteiger partial charge on any atom is -0.376 e. The summed E-state index contributed by atoms with van der Waals surface area (Å²) in [6, 6.07) is 4.42. The number of rotatable bonds is 4. The van der Waals surface area contributed by atoms with Gasteiger partial charge in [0, 0.05) is 24.8 Å². The van der Waals surface area contributed by atoms with Crippen LogP contribution in [0.2, 0.25) is 5.02 Å². The van der Waals surface area contributed by atoms with Gasteiger partial charge in [-0.3, -0.25) is 14.9 Å². The number of nitro groups is 1. The second-order valence-corrected chi connectivity index (χ2v) is 5.77. The largest absolute Gasteiger partial charge is 0.376 e. The molecule has 2 rings (SSSR count). The number of nitrogens with zero attached hydrogens (tertiary/aromatic N) is 2. The quantitative estimate of drug-likeness (QED) is 0.685. The number of likely N-dealkylation sites (tertiary alicyclic amines) is 1. The molecule has 1 aliphatic heterocycles. The van der Waals surface area contributed by atoms with Crippen LogP contribution < -0.4 is 5.32 Å². The van der Waals surface area contributed by atoms with E-state index in [0.29, 0.717) is 11.6 Å². The first kappa shape index (κ1) is 15.6. The lowest BCUT2D eigenvalue weighted by atomic mass is 10.0. The van der Waals surface area contributed by atoms with E-state index in [1.807, 2.05) is 4.90 Å². The van der Waals surface area contributed by atoms with E-state index < -0.39 is 4.92 Å². The third-order valence-corrected chi connectivity index (χ3v) is 3.92. The summed E-state index contributed by atoms with van der Waals surface area (Å²) in [7, 11) is 0. The minimum absolute atomic E-state index is 0.0131. The summed E-state index contributed by atoms with van der Waals surface area (Å²) in [6.07, 6.45) is 2.18.